The molecule has 1 aliphatic rings. The molecule has 1 aliphatic heterocycles. The standard InChI is InChI=1S/C19H20N4O2/c1-13-6-8-14(9-7-13)18(24)21-15-4-3-11-23(12-15)19-22-17-16(25-19)5-2-10-20-17/h2,5-10,15H,3-4,11-12H2,1H3,(H,21,24). The molecule has 6 heteroatoms. The molecule has 1 unspecified atom stereocenters. The first kappa shape index (κ1) is 15.6. The maximum atomic E-state index is 12.4. The lowest BCUT2D eigenvalue weighted by Gasteiger charge is -2.32. The minimum atomic E-state index is -0.0360. The van der Waals surface area contributed by atoms with Gasteiger partial charge in [0.05, 0.1) is 0 Å². The molecule has 2 aromatic heterocycles. The van der Waals surface area contributed by atoms with Crippen molar-refractivity contribution >= 4 is 23.2 Å². The van der Waals surface area contributed by atoms with E-state index in [4.69, 9.17) is 4.42 Å². The van der Waals surface area contributed by atoms with Gasteiger partial charge in [-0.05, 0) is 44.0 Å². The lowest BCUT2D eigenvalue weighted by molar-refractivity contribution is 0.0932. The van der Waals surface area contributed by atoms with Crippen LogP contribution in [0.25, 0.3) is 11.2 Å². The van der Waals surface area contributed by atoms with E-state index < -0.39 is 0 Å². The Morgan fingerprint density at radius 3 is 2.92 bits per heavy atom. The average molecular weight is 336 g/mol. The fourth-order valence-electron chi connectivity index (χ4n) is 3.14. The molecule has 0 aliphatic carbocycles. The van der Waals surface area contributed by atoms with E-state index in [-0.39, 0.29) is 11.9 Å². The van der Waals surface area contributed by atoms with Crippen LogP contribution in [0.5, 0.6) is 0 Å². The fraction of sp³-hybridized carbons (Fsp3) is 0.316. The SMILES string of the molecule is Cc1ccc(C(=O)NC2CCCN(c3nc4ncccc4o3)C2)cc1. The number of oxazole rings is 1. The van der Waals surface area contributed by atoms with Crippen LogP contribution in [-0.4, -0.2) is 35.0 Å². The molecule has 25 heavy (non-hydrogen) atoms. The van der Waals surface area contributed by atoms with E-state index in [2.05, 4.69) is 20.2 Å². The molecule has 1 aromatic carbocycles. The lowest BCUT2D eigenvalue weighted by Crippen LogP contribution is -2.48. The van der Waals surface area contributed by atoms with Crippen molar-refractivity contribution in [1.82, 2.24) is 15.3 Å². The number of aryl methyl sites for hydroxylation is 1. The molecule has 0 radical (unpaired) electrons. The zero-order valence-electron chi connectivity index (χ0n) is 14.1. The molecule has 1 atom stereocenters. The minimum absolute atomic E-state index is 0.0360. The van der Waals surface area contributed by atoms with Gasteiger partial charge in [0.15, 0.2) is 5.58 Å². The molecule has 1 saturated heterocycles. The molecule has 6 nitrogen and oxygen atoms in total. The number of rotatable bonds is 3. The average Bonchev–Trinajstić information content (AvgIpc) is 3.07. The van der Waals surface area contributed by atoms with E-state index in [0.717, 1.165) is 24.9 Å². The molecule has 0 spiro atoms. The quantitative estimate of drug-likeness (QED) is 0.796. The molecule has 128 valence electrons. The number of hydrogen-bond donors (Lipinski definition) is 1. The Hall–Kier alpha value is -2.89. The number of carbonyl (C=O) groups excluding carboxylic acids is 1. The van der Waals surface area contributed by atoms with Crippen LogP contribution >= 0.6 is 0 Å². The van der Waals surface area contributed by atoms with Crippen LogP contribution in [0, 0.1) is 6.92 Å². The molecule has 3 heterocycles. The number of pyridine rings is 1. The van der Waals surface area contributed by atoms with Gasteiger partial charge in [0, 0.05) is 30.9 Å². The second-order valence-corrected chi connectivity index (χ2v) is 6.45. The number of amides is 1. The summed E-state index contributed by atoms with van der Waals surface area (Å²) in [5.41, 5.74) is 3.13. The smallest absolute Gasteiger partial charge is 0.300 e. The van der Waals surface area contributed by atoms with Gasteiger partial charge in [0.25, 0.3) is 11.9 Å². The van der Waals surface area contributed by atoms with Crippen molar-refractivity contribution in [1.29, 1.82) is 0 Å². The van der Waals surface area contributed by atoms with Crippen LogP contribution < -0.4 is 10.2 Å². The zero-order chi connectivity index (χ0) is 17.2. The number of carbonyl (C=O) groups is 1. The number of anilines is 1. The number of hydrogen-bond acceptors (Lipinski definition) is 5. The third kappa shape index (κ3) is 3.33. The monoisotopic (exact) mass is 336 g/mol. The second-order valence-electron chi connectivity index (χ2n) is 6.45. The van der Waals surface area contributed by atoms with Crippen molar-refractivity contribution in [3.05, 3.63) is 53.7 Å². The van der Waals surface area contributed by atoms with Crippen LogP contribution in [0.15, 0.2) is 47.0 Å². The van der Waals surface area contributed by atoms with Gasteiger partial charge >= 0.3 is 0 Å². The molecule has 4 rings (SSSR count). The predicted molar refractivity (Wildman–Crippen MR) is 95.7 cm³/mol. The van der Waals surface area contributed by atoms with E-state index in [9.17, 15) is 4.79 Å². The van der Waals surface area contributed by atoms with Gasteiger partial charge in [-0.25, -0.2) is 4.98 Å². The maximum Gasteiger partial charge on any atom is 0.300 e. The largest absolute Gasteiger partial charge is 0.422 e. The summed E-state index contributed by atoms with van der Waals surface area (Å²) in [6.45, 7) is 3.56. The first-order valence-electron chi connectivity index (χ1n) is 8.53. The first-order valence-corrected chi connectivity index (χ1v) is 8.53. The Morgan fingerprint density at radius 2 is 2.12 bits per heavy atom. The van der Waals surface area contributed by atoms with Gasteiger partial charge in [-0.15, -0.1) is 0 Å². The number of fused-ring (bicyclic) bond motifs is 1. The van der Waals surface area contributed by atoms with E-state index in [1.807, 2.05) is 43.3 Å². The Balaban J connectivity index is 1.45. The van der Waals surface area contributed by atoms with Crippen LogP contribution in [0.3, 0.4) is 0 Å². The van der Waals surface area contributed by atoms with E-state index in [1.54, 1.807) is 6.20 Å². The summed E-state index contributed by atoms with van der Waals surface area (Å²) in [5.74, 6) is -0.0360. The highest BCUT2D eigenvalue weighted by molar-refractivity contribution is 5.94. The number of nitrogens with zero attached hydrogens (tertiary/aromatic N) is 3. The third-order valence-corrected chi connectivity index (χ3v) is 4.49. The van der Waals surface area contributed by atoms with Crippen LogP contribution in [0.4, 0.5) is 6.01 Å². The van der Waals surface area contributed by atoms with Crippen molar-refractivity contribution < 1.29 is 9.21 Å². The van der Waals surface area contributed by atoms with Crippen LogP contribution in [0.1, 0.15) is 28.8 Å². The highest BCUT2D eigenvalue weighted by atomic mass is 16.4. The number of benzene rings is 1. The van der Waals surface area contributed by atoms with Crippen LogP contribution in [0.2, 0.25) is 0 Å². The van der Waals surface area contributed by atoms with Crippen molar-refractivity contribution in [2.45, 2.75) is 25.8 Å². The Labute approximate surface area is 145 Å². The molecule has 1 fully saturated rings. The molecular weight excluding hydrogens is 316 g/mol. The van der Waals surface area contributed by atoms with Gasteiger partial charge in [0.2, 0.25) is 5.65 Å². The van der Waals surface area contributed by atoms with Gasteiger partial charge in [-0.2, -0.15) is 4.98 Å². The molecule has 0 saturated carbocycles. The minimum Gasteiger partial charge on any atom is -0.422 e. The van der Waals surface area contributed by atoms with Crippen molar-refractivity contribution in [2.24, 2.45) is 0 Å². The molecule has 1 amide bonds. The molecule has 3 aromatic rings. The second kappa shape index (κ2) is 6.55. The van der Waals surface area contributed by atoms with Crippen molar-refractivity contribution in [3.8, 4) is 0 Å². The Kier molecular flexibility index (Phi) is 4.09. The molecule has 0 bridgehead atoms. The van der Waals surface area contributed by atoms with Gasteiger partial charge in [-0.1, -0.05) is 17.7 Å². The summed E-state index contributed by atoms with van der Waals surface area (Å²) in [5, 5.41) is 3.12. The Bertz CT molecular complexity index is 855. The zero-order valence-corrected chi connectivity index (χ0v) is 14.1. The van der Waals surface area contributed by atoms with E-state index in [1.165, 1.54) is 0 Å². The Morgan fingerprint density at radius 1 is 1.28 bits per heavy atom. The van der Waals surface area contributed by atoms with Crippen molar-refractivity contribution in [2.75, 3.05) is 18.0 Å². The van der Waals surface area contributed by atoms with E-state index in [0.29, 0.717) is 29.4 Å². The van der Waals surface area contributed by atoms with Crippen LogP contribution in [-0.2, 0) is 0 Å². The van der Waals surface area contributed by atoms with Gasteiger partial charge in [-0.3, -0.25) is 4.79 Å². The highest BCUT2D eigenvalue weighted by Crippen LogP contribution is 2.23. The predicted octanol–water partition coefficient (Wildman–Crippen LogP) is 2.93. The summed E-state index contributed by atoms with van der Waals surface area (Å²) >= 11 is 0. The number of piperidine rings is 1. The number of aromatic nitrogens is 2. The highest BCUT2D eigenvalue weighted by Gasteiger charge is 2.25. The normalized spacial score (nSPS) is 17.6. The summed E-state index contributed by atoms with van der Waals surface area (Å²) < 4.78 is 5.80. The third-order valence-electron chi connectivity index (χ3n) is 4.49. The summed E-state index contributed by atoms with van der Waals surface area (Å²) in [6.07, 6.45) is 3.63. The summed E-state index contributed by atoms with van der Waals surface area (Å²) in [4.78, 5) is 23.2. The van der Waals surface area contributed by atoms with E-state index >= 15 is 0 Å². The summed E-state index contributed by atoms with van der Waals surface area (Å²) in [7, 11) is 0. The van der Waals surface area contributed by atoms with Crippen molar-refractivity contribution in [3.63, 3.8) is 0 Å². The molecule has 1 N–H and O–H groups in total. The molecular formula is C19H20N4O2. The van der Waals surface area contributed by atoms with Gasteiger partial charge < -0.3 is 14.6 Å². The number of nitrogens with one attached hydrogen (secondary N) is 1. The topological polar surface area (TPSA) is 71.3 Å². The summed E-state index contributed by atoms with van der Waals surface area (Å²) in [6, 6.07) is 12.0. The fourth-order valence-corrected chi connectivity index (χ4v) is 3.14. The lowest BCUT2D eigenvalue weighted by atomic mass is 10.1. The van der Waals surface area contributed by atoms with Gasteiger partial charge in [0.1, 0.15) is 0 Å². The first-order chi connectivity index (χ1) is 12.2. The maximum absolute atomic E-state index is 12.4.